The molecule has 3 rings (SSSR count). The average Bonchev–Trinajstić information content (AvgIpc) is 3.38. The van der Waals surface area contributed by atoms with Crippen LogP contribution in [0.2, 0.25) is 5.02 Å². The Kier molecular flexibility index (Phi) is 4.59. The smallest absolute Gasteiger partial charge is 0.356 e. The van der Waals surface area contributed by atoms with E-state index in [2.05, 4.69) is 21.8 Å². The van der Waals surface area contributed by atoms with E-state index in [0.29, 0.717) is 12.6 Å². The van der Waals surface area contributed by atoms with E-state index in [1.807, 2.05) is 24.3 Å². The summed E-state index contributed by atoms with van der Waals surface area (Å²) in [6.45, 7) is 2.82. The van der Waals surface area contributed by atoms with Crippen LogP contribution >= 0.6 is 11.6 Å². The van der Waals surface area contributed by atoms with Crippen molar-refractivity contribution >= 4 is 17.6 Å². The predicted octanol–water partition coefficient (Wildman–Crippen LogP) is 3.55. The highest BCUT2D eigenvalue weighted by Gasteiger charge is 2.33. The maximum Gasteiger partial charge on any atom is 0.356 e. The van der Waals surface area contributed by atoms with E-state index in [1.54, 1.807) is 6.20 Å². The van der Waals surface area contributed by atoms with Gasteiger partial charge >= 0.3 is 5.97 Å². The molecule has 0 amide bonds. The third-order valence-corrected chi connectivity index (χ3v) is 4.39. The summed E-state index contributed by atoms with van der Waals surface area (Å²) in [6.07, 6.45) is 5.22. The Bertz CT molecular complexity index is 684. The van der Waals surface area contributed by atoms with Crippen LogP contribution in [0.4, 0.5) is 0 Å². The lowest BCUT2D eigenvalue weighted by atomic mass is 10.1. The zero-order valence-electron chi connectivity index (χ0n) is 12.8. The minimum Gasteiger partial charge on any atom is -0.476 e. The van der Waals surface area contributed by atoms with Gasteiger partial charge in [0.25, 0.3) is 0 Å². The van der Waals surface area contributed by atoms with E-state index < -0.39 is 5.97 Å². The molecule has 1 unspecified atom stereocenters. The van der Waals surface area contributed by atoms with Crippen LogP contribution in [-0.2, 0) is 6.54 Å². The van der Waals surface area contributed by atoms with Gasteiger partial charge in [0.1, 0.15) is 0 Å². The Balaban J connectivity index is 1.76. The fourth-order valence-corrected chi connectivity index (χ4v) is 2.78. The molecule has 2 aromatic rings. The second-order valence-corrected chi connectivity index (χ2v) is 6.27. The molecule has 1 saturated carbocycles. The molecule has 0 spiro atoms. The van der Waals surface area contributed by atoms with Gasteiger partial charge in [-0.25, -0.2) is 9.78 Å². The Morgan fingerprint density at radius 1 is 1.30 bits per heavy atom. The number of aromatic carboxylic acids is 1. The fourth-order valence-electron chi connectivity index (χ4n) is 2.66. The number of carboxylic acid groups (broad SMARTS) is 1. The van der Waals surface area contributed by atoms with Crippen molar-refractivity contribution in [3.63, 3.8) is 0 Å². The summed E-state index contributed by atoms with van der Waals surface area (Å²) in [5, 5.41) is 9.62. The van der Waals surface area contributed by atoms with Gasteiger partial charge in [0.05, 0.1) is 18.1 Å². The first-order chi connectivity index (χ1) is 11.0. The van der Waals surface area contributed by atoms with Gasteiger partial charge in [-0.2, -0.15) is 0 Å². The summed E-state index contributed by atoms with van der Waals surface area (Å²) < 4.78 is 0. The van der Waals surface area contributed by atoms with Gasteiger partial charge in [-0.3, -0.25) is 9.88 Å². The van der Waals surface area contributed by atoms with Gasteiger partial charge in [-0.05, 0) is 37.5 Å². The van der Waals surface area contributed by atoms with Gasteiger partial charge in [-0.15, -0.1) is 0 Å². The van der Waals surface area contributed by atoms with E-state index in [9.17, 15) is 4.79 Å². The van der Waals surface area contributed by atoms with Gasteiger partial charge < -0.3 is 5.11 Å². The van der Waals surface area contributed by atoms with Crippen LogP contribution in [0, 0.1) is 0 Å². The quantitative estimate of drug-likeness (QED) is 0.876. The summed E-state index contributed by atoms with van der Waals surface area (Å²) in [4.78, 5) is 21.4. The van der Waals surface area contributed by atoms with Crippen molar-refractivity contribution in [2.75, 3.05) is 0 Å². The lowest BCUT2D eigenvalue weighted by Crippen LogP contribution is -2.29. The van der Waals surface area contributed by atoms with Crippen LogP contribution in [0.1, 0.15) is 47.6 Å². The molecule has 1 aromatic carbocycles. The molecule has 1 aromatic heterocycles. The van der Waals surface area contributed by atoms with Crippen LogP contribution in [0.3, 0.4) is 0 Å². The summed E-state index contributed by atoms with van der Waals surface area (Å²) in [5.74, 6) is -1.06. The van der Waals surface area contributed by atoms with Crippen molar-refractivity contribution in [1.82, 2.24) is 14.9 Å². The first-order valence-electron chi connectivity index (χ1n) is 7.60. The van der Waals surface area contributed by atoms with Crippen LogP contribution in [0.15, 0.2) is 36.7 Å². The third kappa shape index (κ3) is 3.86. The molecule has 1 fully saturated rings. The minimum absolute atomic E-state index is 0.0301. The van der Waals surface area contributed by atoms with Gasteiger partial charge in [0.15, 0.2) is 5.69 Å². The summed E-state index contributed by atoms with van der Waals surface area (Å²) in [6, 6.07) is 8.67. The molecule has 1 aliphatic rings. The third-order valence-electron chi connectivity index (χ3n) is 4.13. The van der Waals surface area contributed by atoms with Crippen molar-refractivity contribution in [3.8, 4) is 0 Å². The lowest BCUT2D eigenvalue weighted by molar-refractivity contribution is 0.0689. The maximum absolute atomic E-state index is 10.8. The number of benzene rings is 1. The second kappa shape index (κ2) is 6.64. The number of hydrogen-bond donors (Lipinski definition) is 1. The molecule has 23 heavy (non-hydrogen) atoms. The zero-order chi connectivity index (χ0) is 16.4. The summed E-state index contributed by atoms with van der Waals surface area (Å²) >= 11 is 5.96. The molecule has 0 radical (unpaired) electrons. The van der Waals surface area contributed by atoms with Crippen molar-refractivity contribution < 1.29 is 9.90 Å². The fraction of sp³-hybridized carbons (Fsp3) is 0.353. The number of carboxylic acids is 1. The van der Waals surface area contributed by atoms with Crippen LogP contribution in [-0.4, -0.2) is 32.0 Å². The number of halogens is 1. The summed E-state index contributed by atoms with van der Waals surface area (Å²) in [7, 11) is 0. The summed E-state index contributed by atoms with van der Waals surface area (Å²) in [5.41, 5.74) is 1.96. The molecule has 0 bridgehead atoms. The highest BCUT2D eigenvalue weighted by Crippen LogP contribution is 2.35. The molecule has 0 saturated heterocycles. The predicted molar refractivity (Wildman–Crippen MR) is 87.4 cm³/mol. The first-order valence-corrected chi connectivity index (χ1v) is 7.98. The zero-order valence-corrected chi connectivity index (χ0v) is 13.6. The number of nitrogens with zero attached hydrogens (tertiary/aromatic N) is 3. The van der Waals surface area contributed by atoms with E-state index in [4.69, 9.17) is 16.7 Å². The molecular formula is C17H18ClN3O2. The standard InChI is InChI=1S/C17H18ClN3O2/c1-11(12-2-4-13(18)5-3-12)21(15-6-7-15)10-14-8-20-16(9-19-14)17(22)23/h2-5,8-9,11,15H,6-7,10H2,1H3,(H,22,23). The number of aromatic nitrogens is 2. The lowest BCUT2D eigenvalue weighted by Gasteiger charge is -2.29. The Labute approximate surface area is 139 Å². The molecule has 120 valence electrons. The van der Waals surface area contributed by atoms with Crippen molar-refractivity contribution in [2.24, 2.45) is 0 Å². The van der Waals surface area contributed by atoms with E-state index in [-0.39, 0.29) is 11.7 Å². The highest BCUT2D eigenvalue weighted by molar-refractivity contribution is 6.30. The molecule has 0 aliphatic heterocycles. The van der Waals surface area contributed by atoms with Crippen LogP contribution in [0.25, 0.3) is 0 Å². The monoisotopic (exact) mass is 331 g/mol. The van der Waals surface area contributed by atoms with E-state index >= 15 is 0 Å². The minimum atomic E-state index is -1.06. The molecule has 1 N–H and O–H groups in total. The topological polar surface area (TPSA) is 66.3 Å². The number of rotatable bonds is 6. The Hall–Kier alpha value is -1.98. The van der Waals surface area contributed by atoms with Crippen LogP contribution < -0.4 is 0 Å². The first kappa shape index (κ1) is 15.9. The molecule has 6 heteroatoms. The normalized spacial score (nSPS) is 15.6. The van der Waals surface area contributed by atoms with Gasteiger partial charge in [0, 0.05) is 23.7 Å². The van der Waals surface area contributed by atoms with Crippen molar-refractivity contribution in [1.29, 1.82) is 0 Å². The Morgan fingerprint density at radius 3 is 2.52 bits per heavy atom. The number of hydrogen-bond acceptors (Lipinski definition) is 4. The molecule has 1 atom stereocenters. The van der Waals surface area contributed by atoms with Gasteiger partial charge in [-0.1, -0.05) is 23.7 Å². The second-order valence-electron chi connectivity index (χ2n) is 5.83. The van der Waals surface area contributed by atoms with Crippen molar-refractivity contribution in [3.05, 3.63) is 58.6 Å². The molecule has 5 nitrogen and oxygen atoms in total. The molecule has 1 aliphatic carbocycles. The number of carbonyl (C=O) groups is 1. The van der Waals surface area contributed by atoms with Crippen molar-refractivity contribution in [2.45, 2.75) is 38.4 Å². The average molecular weight is 332 g/mol. The largest absolute Gasteiger partial charge is 0.476 e. The van der Waals surface area contributed by atoms with E-state index in [1.165, 1.54) is 24.6 Å². The van der Waals surface area contributed by atoms with E-state index in [0.717, 1.165) is 10.7 Å². The SMILES string of the molecule is CC(c1ccc(Cl)cc1)N(Cc1cnc(C(=O)O)cn1)C1CC1. The highest BCUT2D eigenvalue weighted by atomic mass is 35.5. The van der Waals surface area contributed by atoms with Gasteiger partial charge in [0.2, 0.25) is 0 Å². The van der Waals surface area contributed by atoms with Crippen LogP contribution in [0.5, 0.6) is 0 Å². The maximum atomic E-state index is 10.8. The molecular weight excluding hydrogens is 314 g/mol. The molecule has 1 heterocycles. The Morgan fingerprint density at radius 2 is 2.00 bits per heavy atom.